The molecule has 0 aliphatic rings. The van der Waals surface area contributed by atoms with E-state index in [0.717, 1.165) is 12.0 Å². The maximum absolute atomic E-state index is 12.4. The van der Waals surface area contributed by atoms with Crippen LogP contribution in [0.5, 0.6) is 0 Å². The maximum atomic E-state index is 12.4. The molecule has 0 spiro atoms. The van der Waals surface area contributed by atoms with Crippen molar-refractivity contribution in [3.05, 3.63) is 64.7 Å². The Morgan fingerprint density at radius 3 is 2.30 bits per heavy atom. The monoisotopic (exact) mass is 267 g/mol. The van der Waals surface area contributed by atoms with Crippen molar-refractivity contribution in [1.82, 2.24) is 0 Å². The number of hydrogen-bond donors (Lipinski definition) is 1. The molecule has 0 saturated heterocycles. The van der Waals surface area contributed by atoms with E-state index in [4.69, 9.17) is 5.73 Å². The Balaban J connectivity index is 2.18. The van der Waals surface area contributed by atoms with Crippen LogP contribution in [0.1, 0.15) is 46.8 Å². The Bertz CT molecular complexity index is 599. The van der Waals surface area contributed by atoms with Crippen molar-refractivity contribution in [3.8, 4) is 0 Å². The Labute approximate surface area is 120 Å². The van der Waals surface area contributed by atoms with Crippen molar-refractivity contribution in [1.29, 1.82) is 0 Å². The van der Waals surface area contributed by atoms with Crippen molar-refractivity contribution in [2.45, 2.75) is 33.1 Å². The highest BCUT2D eigenvalue weighted by atomic mass is 16.1. The maximum Gasteiger partial charge on any atom is 0.193 e. The summed E-state index contributed by atoms with van der Waals surface area (Å²) in [5.74, 6) is 0.0266. The molecule has 0 heterocycles. The summed E-state index contributed by atoms with van der Waals surface area (Å²) >= 11 is 0. The van der Waals surface area contributed by atoms with Gasteiger partial charge in [-0.15, -0.1) is 0 Å². The van der Waals surface area contributed by atoms with Gasteiger partial charge >= 0.3 is 0 Å². The summed E-state index contributed by atoms with van der Waals surface area (Å²) in [6.45, 7) is 4.12. The molecule has 0 radical (unpaired) electrons. The zero-order valence-electron chi connectivity index (χ0n) is 12.1. The predicted molar refractivity (Wildman–Crippen MR) is 84.1 cm³/mol. The van der Waals surface area contributed by atoms with Gasteiger partial charge < -0.3 is 5.73 Å². The number of anilines is 1. The molecular weight excluding hydrogens is 246 g/mol. The van der Waals surface area contributed by atoms with Gasteiger partial charge in [-0.25, -0.2) is 0 Å². The first-order valence-corrected chi connectivity index (χ1v) is 7.11. The Morgan fingerprint density at radius 2 is 1.70 bits per heavy atom. The molecule has 0 atom stereocenters. The number of carbonyl (C=O) groups excluding carboxylic acids is 1. The van der Waals surface area contributed by atoms with E-state index < -0.39 is 0 Å². The lowest BCUT2D eigenvalue weighted by Crippen LogP contribution is -2.03. The first-order valence-electron chi connectivity index (χ1n) is 7.11. The average molecular weight is 267 g/mol. The van der Waals surface area contributed by atoms with Crippen LogP contribution in [-0.2, 0) is 6.42 Å². The van der Waals surface area contributed by atoms with E-state index in [1.165, 1.54) is 18.4 Å². The number of rotatable bonds is 5. The highest BCUT2D eigenvalue weighted by molar-refractivity contribution is 6.09. The van der Waals surface area contributed by atoms with Gasteiger partial charge in [0.15, 0.2) is 5.78 Å². The highest BCUT2D eigenvalue weighted by Crippen LogP contribution is 2.17. The zero-order chi connectivity index (χ0) is 14.5. The van der Waals surface area contributed by atoms with Crippen LogP contribution in [0.3, 0.4) is 0 Å². The Hall–Kier alpha value is -2.09. The lowest BCUT2D eigenvalue weighted by atomic mass is 9.99. The van der Waals surface area contributed by atoms with E-state index >= 15 is 0 Å². The van der Waals surface area contributed by atoms with E-state index in [-0.39, 0.29) is 5.78 Å². The molecule has 2 nitrogen and oxygen atoms in total. The number of unbranched alkanes of at least 4 members (excludes halogenated alkanes) is 1. The molecule has 2 rings (SSSR count). The fourth-order valence-corrected chi connectivity index (χ4v) is 2.15. The van der Waals surface area contributed by atoms with Crippen LogP contribution in [0.4, 0.5) is 5.69 Å². The fraction of sp³-hybridized carbons (Fsp3) is 0.278. The van der Waals surface area contributed by atoms with E-state index in [0.29, 0.717) is 16.8 Å². The summed E-state index contributed by atoms with van der Waals surface area (Å²) in [5, 5.41) is 0. The van der Waals surface area contributed by atoms with Crippen LogP contribution in [-0.4, -0.2) is 5.78 Å². The van der Waals surface area contributed by atoms with Crippen LogP contribution in [0, 0.1) is 6.92 Å². The molecule has 2 heteroatoms. The molecule has 0 unspecified atom stereocenters. The van der Waals surface area contributed by atoms with Crippen LogP contribution in [0.15, 0.2) is 42.5 Å². The smallest absolute Gasteiger partial charge is 0.193 e. The van der Waals surface area contributed by atoms with Gasteiger partial charge in [-0.2, -0.15) is 0 Å². The molecule has 0 saturated carbocycles. The molecule has 0 amide bonds. The largest absolute Gasteiger partial charge is 0.398 e. The van der Waals surface area contributed by atoms with E-state index in [1.807, 2.05) is 43.3 Å². The number of carbonyl (C=O) groups is 1. The van der Waals surface area contributed by atoms with Gasteiger partial charge in [0, 0.05) is 16.8 Å². The molecule has 2 N–H and O–H groups in total. The van der Waals surface area contributed by atoms with Gasteiger partial charge in [-0.3, -0.25) is 4.79 Å². The van der Waals surface area contributed by atoms with Gasteiger partial charge in [-0.05, 0) is 37.0 Å². The lowest BCUT2D eigenvalue weighted by molar-refractivity contribution is 0.103. The quantitative estimate of drug-likeness (QED) is 0.653. The number of ketones is 1. The second kappa shape index (κ2) is 6.38. The summed E-state index contributed by atoms with van der Waals surface area (Å²) in [4.78, 5) is 12.4. The summed E-state index contributed by atoms with van der Waals surface area (Å²) in [5.41, 5.74) is 10.2. The minimum Gasteiger partial charge on any atom is -0.398 e. The van der Waals surface area contributed by atoms with Gasteiger partial charge in [0.25, 0.3) is 0 Å². The fourth-order valence-electron chi connectivity index (χ4n) is 2.15. The molecule has 0 bridgehead atoms. The van der Waals surface area contributed by atoms with Crippen molar-refractivity contribution < 1.29 is 4.79 Å². The van der Waals surface area contributed by atoms with E-state index in [9.17, 15) is 4.79 Å². The molecule has 0 aliphatic carbocycles. The second-order valence-corrected chi connectivity index (χ2v) is 5.20. The number of aryl methyl sites for hydroxylation is 2. The summed E-state index contributed by atoms with van der Waals surface area (Å²) in [6.07, 6.45) is 3.44. The first kappa shape index (κ1) is 14.3. The van der Waals surface area contributed by atoms with E-state index in [1.54, 1.807) is 6.07 Å². The first-order chi connectivity index (χ1) is 9.61. The van der Waals surface area contributed by atoms with Crippen LogP contribution < -0.4 is 5.73 Å². The molecule has 104 valence electrons. The Morgan fingerprint density at radius 1 is 1.05 bits per heavy atom. The van der Waals surface area contributed by atoms with Crippen molar-refractivity contribution in [2.24, 2.45) is 0 Å². The molecule has 0 aromatic heterocycles. The normalized spacial score (nSPS) is 10.5. The van der Waals surface area contributed by atoms with Crippen molar-refractivity contribution >= 4 is 11.5 Å². The minimum atomic E-state index is 0.0266. The topological polar surface area (TPSA) is 43.1 Å². The molecule has 2 aromatic rings. The number of nitrogen functional groups attached to an aromatic ring is 1. The van der Waals surface area contributed by atoms with Crippen LogP contribution in [0.2, 0.25) is 0 Å². The van der Waals surface area contributed by atoms with Gasteiger partial charge in [0.1, 0.15) is 0 Å². The highest BCUT2D eigenvalue weighted by Gasteiger charge is 2.09. The third-order valence-corrected chi connectivity index (χ3v) is 3.58. The summed E-state index contributed by atoms with van der Waals surface area (Å²) < 4.78 is 0. The van der Waals surface area contributed by atoms with Gasteiger partial charge in [0.2, 0.25) is 0 Å². The molecule has 0 aliphatic heterocycles. The van der Waals surface area contributed by atoms with Crippen LogP contribution >= 0.6 is 0 Å². The molecular formula is C18H21NO. The summed E-state index contributed by atoms with van der Waals surface area (Å²) in [6, 6.07) is 13.4. The standard InChI is InChI=1S/C18H21NO/c1-3-4-5-14-7-10-15(11-8-14)18(20)16-9-6-13(2)17(19)12-16/h6-12H,3-5,19H2,1-2H3. The third kappa shape index (κ3) is 3.27. The average Bonchev–Trinajstić information content (AvgIpc) is 2.48. The SMILES string of the molecule is CCCCc1ccc(C(=O)c2ccc(C)c(N)c2)cc1. The van der Waals surface area contributed by atoms with Crippen molar-refractivity contribution in [2.75, 3.05) is 5.73 Å². The predicted octanol–water partition coefficient (Wildman–Crippen LogP) is 4.15. The van der Waals surface area contributed by atoms with Gasteiger partial charge in [0.05, 0.1) is 0 Å². The Kier molecular flexibility index (Phi) is 4.57. The third-order valence-electron chi connectivity index (χ3n) is 3.58. The molecule has 2 aromatic carbocycles. The number of nitrogens with two attached hydrogens (primary N) is 1. The second-order valence-electron chi connectivity index (χ2n) is 5.20. The van der Waals surface area contributed by atoms with Crippen molar-refractivity contribution in [3.63, 3.8) is 0 Å². The zero-order valence-corrected chi connectivity index (χ0v) is 12.1. The van der Waals surface area contributed by atoms with E-state index in [2.05, 4.69) is 6.92 Å². The molecule has 0 fully saturated rings. The molecule has 20 heavy (non-hydrogen) atoms. The number of benzene rings is 2. The van der Waals surface area contributed by atoms with Gasteiger partial charge in [-0.1, -0.05) is 49.7 Å². The lowest BCUT2D eigenvalue weighted by Gasteiger charge is -2.06. The minimum absolute atomic E-state index is 0.0266. The summed E-state index contributed by atoms with van der Waals surface area (Å²) in [7, 11) is 0. The number of hydrogen-bond acceptors (Lipinski definition) is 2. The van der Waals surface area contributed by atoms with Crippen LogP contribution in [0.25, 0.3) is 0 Å².